The fourth-order valence-electron chi connectivity index (χ4n) is 4.48. The van der Waals surface area contributed by atoms with Crippen molar-refractivity contribution in [2.75, 3.05) is 20.3 Å². The molecule has 6 heteroatoms. The lowest BCUT2D eigenvalue weighted by Crippen LogP contribution is -2.38. The molecule has 1 fully saturated rings. The smallest absolute Gasteiger partial charge is 0.123 e. The Morgan fingerprint density at radius 1 is 1.09 bits per heavy atom. The third kappa shape index (κ3) is 5.03. The topological polar surface area (TPSA) is 39.5 Å². The van der Waals surface area contributed by atoms with Crippen molar-refractivity contribution in [2.24, 2.45) is 0 Å². The zero-order chi connectivity index (χ0) is 22.5. The molecule has 0 spiro atoms. The second kappa shape index (κ2) is 10.3. The highest BCUT2D eigenvalue weighted by atomic mass is 19.1. The molecule has 2 heterocycles. The van der Waals surface area contributed by atoms with Crippen LogP contribution in [0.1, 0.15) is 41.6 Å². The van der Waals surface area contributed by atoms with Gasteiger partial charge in [0.1, 0.15) is 11.6 Å². The molecule has 0 radical (unpaired) electrons. The molecule has 2 aromatic carbocycles. The normalized spacial score (nSPS) is 18.4. The summed E-state index contributed by atoms with van der Waals surface area (Å²) in [5.41, 5.74) is 4.78. The van der Waals surface area contributed by atoms with Crippen molar-refractivity contribution in [1.29, 1.82) is 0 Å². The molecule has 0 bridgehead atoms. The van der Waals surface area contributed by atoms with Gasteiger partial charge >= 0.3 is 0 Å². The van der Waals surface area contributed by atoms with Crippen LogP contribution in [0.2, 0.25) is 0 Å². The van der Waals surface area contributed by atoms with E-state index in [9.17, 15) is 4.39 Å². The van der Waals surface area contributed by atoms with Gasteiger partial charge in [0.05, 0.1) is 26.5 Å². The third-order valence-electron chi connectivity index (χ3n) is 6.38. The molecule has 170 valence electrons. The van der Waals surface area contributed by atoms with Crippen molar-refractivity contribution in [3.8, 4) is 5.75 Å². The molecule has 1 saturated heterocycles. The summed E-state index contributed by atoms with van der Waals surface area (Å²) < 4.78 is 26.9. The Morgan fingerprint density at radius 2 is 1.84 bits per heavy atom. The number of halogens is 1. The van der Waals surface area contributed by atoms with E-state index in [0.29, 0.717) is 13.2 Å². The molecule has 0 N–H and O–H groups in total. The molecule has 4 rings (SSSR count). The molecular formula is C26H32FN3O2. The number of nitrogens with zero attached hydrogens (tertiary/aromatic N) is 3. The first-order valence-corrected chi connectivity index (χ1v) is 11.3. The Kier molecular flexibility index (Phi) is 7.22. The standard InChI is InChI=1S/C26H32FN3O2/c1-4-13-30-19(2)22(14-28-30)16-29(15-20-5-11-24(31-3)12-6-20)26-18-32-17-25(26)21-7-9-23(27)10-8-21/h5-12,14,25-26H,4,13,15-18H2,1-3H3/t25-,26+/m0/s1. The van der Waals surface area contributed by atoms with Crippen LogP contribution in [0, 0.1) is 12.7 Å². The summed E-state index contributed by atoms with van der Waals surface area (Å²) in [6.45, 7) is 8.10. The van der Waals surface area contributed by atoms with Gasteiger partial charge in [-0.3, -0.25) is 9.58 Å². The van der Waals surface area contributed by atoms with E-state index >= 15 is 0 Å². The van der Waals surface area contributed by atoms with Crippen LogP contribution in [0.5, 0.6) is 5.75 Å². The van der Waals surface area contributed by atoms with Crippen LogP contribution in [0.15, 0.2) is 54.7 Å². The molecule has 0 unspecified atom stereocenters. The average molecular weight is 438 g/mol. The molecule has 1 aromatic heterocycles. The van der Waals surface area contributed by atoms with Gasteiger partial charge in [0.2, 0.25) is 0 Å². The summed E-state index contributed by atoms with van der Waals surface area (Å²) in [4.78, 5) is 2.48. The number of aryl methyl sites for hydroxylation is 1. The summed E-state index contributed by atoms with van der Waals surface area (Å²) in [7, 11) is 1.68. The van der Waals surface area contributed by atoms with Crippen LogP contribution in [0.4, 0.5) is 4.39 Å². The van der Waals surface area contributed by atoms with Gasteiger partial charge in [-0.05, 0) is 48.7 Å². The first kappa shape index (κ1) is 22.5. The average Bonchev–Trinajstić information content (AvgIpc) is 3.43. The zero-order valence-corrected chi connectivity index (χ0v) is 19.1. The maximum Gasteiger partial charge on any atom is 0.123 e. The predicted molar refractivity (Wildman–Crippen MR) is 123 cm³/mol. The van der Waals surface area contributed by atoms with Gasteiger partial charge in [-0.2, -0.15) is 5.10 Å². The Labute approximate surface area is 189 Å². The van der Waals surface area contributed by atoms with Crippen molar-refractivity contribution in [2.45, 2.75) is 51.9 Å². The monoisotopic (exact) mass is 437 g/mol. The van der Waals surface area contributed by atoms with E-state index in [1.54, 1.807) is 7.11 Å². The van der Waals surface area contributed by atoms with Crippen LogP contribution in [0.25, 0.3) is 0 Å². The molecule has 5 nitrogen and oxygen atoms in total. The van der Waals surface area contributed by atoms with Crippen molar-refractivity contribution < 1.29 is 13.9 Å². The number of hydrogen-bond acceptors (Lipinski definition) is 4. The quantitative estimate of drug-likeness (QED) is 0.476. The Bertz CT molecular complexity index is 1000. The summed E-state index contributed by atoms with van der Waals surface area (Å²) in [5, 5.41) is 4.60. The number of hydrogen-bond donors (Lipinski definition) is 0. The highest BCUT2D eigenvalue weighted by molar-refractivity contribution is 5.28. The van der Waals surface area contributed by atoms with Gasteiger partial charge in [-0.25, -0.2) is 4.39 Å². The molecule has 0 saturated carbocycles. The largest absolute Gasteiger partial charge is 0.497 e. The van der Waals surface area contributed by atoms with Crippen LogP contribution in [-0.2, 0) is 24.4 Å². The van der Waals surface area contributed by atoms with Gasteiger partial charge in [-0.15, -0.1) is 0 Å². The fourth-order valence-corrected chi connectivity index (χ4v) is 4.48. The van der Waals surface area contributed by atoms with Crippen LogP contribution < -0.4 is 4.74 Å². The minimum Gasteiger partial charge on any atom is -0.497 e. The van der Waals surface area contributed by atoms with Crippen molar-refractivity contribution in [3.05, 3.63) is 82.9 Å². The van der Waals surface area contributed by atoms with E-state index in [4.69, 9.17) is 9.47 Å². The van der Waals surface area contributed by atoms with Crippen LogP contribution in [-0.4, -0.2) is 41.0 Å². The zero-order valence-electron chi connectivity index (χ0n) is 19.1. The fraction of sp³-hybridized carbons (Fsp3) is 0.423. The lowest BCUT2D eigenvalue weighted by Gasteiger charge is -2.32. The number of methoxy groups -OCH3 is 1. The van der Waals surface area contributed by atoms with Crippen molar-refractivity contribution in [1.82, 2.24) is 14.7 Å². The SMILES string of the molecule is CCCn1ncc(CN(Cc2ccc(OC)cc2)[C@@H]2COC[C@H]2c2ccc(F)cc2)c1C. The highest BCUT2D eigenvalue weighted by Gasteiger charge is 2.34. The first-order chi connectivity index (χ1) is 15.6. The second-order valence-electron chi connectivity index (χ2n) is 8.49. The second-order valence-corrected chi connectivity index (χ2v) is 8.49. The Morgan fingerprint density at radius 3 is 2.53 bits per heavy atom. The Balaban J connectivity index is 1.62. The number of aromatic nitrogens is 2. The summed E-state index contributed by atoms with van der Waals surface area (Å²) in [6, 6.07) is 15.3. The maximum absolute atomic E-state index is 13.5. The summed E-state index contributed by atoms with van der Waals surface area (Å²) in [5.74, 6) is 0.837. The van der Waals surface area contributed by atoms with Crippen molar-refractivity contribution >= 4 is 0 Å². The molecular weight excluding hydrogens is 405 g/mol. The molecule has 0 aliphatic carbocycles. The van der Waals surface area contributed by atoms with E-state index in [2.05, 4.69) is 40.7 Å². The van der Waals surface area contributed by atoms with Crippen LogP contribution >= 0.6 is 0 Å². The van der Waals surface area contributed by atoms with Gasteiger partial charge in [0, 0.05) is 42.9 Å². The summed E-state index contributed by atoms with van der Waals surface area (Å²) >= 11 is 0. The molecule has 2 atom stereocenters. The lowest BCUT2D eigenvalue weighted by molar-refractivity contribution is 0.132. The molecule has 0 amide bonds. The van der Waals surface area contributed by atoms with E-state index in [0.717, 1.165) is 37.4 Å². The first-order valence-electron chi connectivity index (χ1n) is 11.3. The molecule has 32 heavy (non-hydrogen) atoms. The third-order valence-corrected chi connectivity index (χ3v) is 6.38. The predicted octanol–water partition coefficient (Wildman–Crippen LogP) is 4.93. The maximum atomic E-state index is 13.5. The lowest BCUT2D eigenvalue weighted by atomic mass is 9.92. The minimum atomic E-state index is -0.210. The van der Waals surface area contributed by atoms with E-state index < -0.39 is 0 Å². The van der Waals surface area contributed by atoms with Gasteiger partial charge < -0.3 is 9.47 Å². The van der Waals surface area contributed by atoms with Gasteiger partial charge in [0.15, 0.2) is 0 Å². The Hall–Kier alpha value is -2.70. The van der Waals surface area contributed by atoms with Gasteiger partial charge in [0.25, 0.3) is 0 Å². The van der Waals surface area contributed by atoms with Gasteiger partial charge in [-0.1, -0.05) is 31.2 Å². The highest BCUT2D eigenvalue weighted by Crippen LogP contribution is 2.32. The van der Waals surface area contributed by atoms with Crippen molar-refractivity contribution in [3.63, 3.8) is 0 Å². The number of ether oxygens (including phenoxy) is 2. The molecule has 3 aromatic rings. The summed E-state index contributed by atoms with van der Waals surface area (Å²) in [6.07, 6.45) is 3.05. The number of rotatable bonds is 9. The minimum absolute atomic E-state index is 0.191. The number of benzene rings is 2. The van der Waals surface area contributed by atoms with E-state index in [1.807, 2.05) is 30.5 Å². The van der Waals surface area contributed by atoms with Crippen LogP contribution in [0.3, 0.4) is 0 Å². The van der Waals surface area contributed by atoms with E-state index in [1.165, 1.54) is 29.0 Å². The molecule has 1 aliphatic heterocycles. The van der Waals surface area contributed by atoms with E-state index in [-0.39, 0.29) is 17.8 Å². The molecule has 1 aliphatic rings.